The van der Waals surface area contributed by atoms with Gasteiger partial charge >= 0.3 is 0 Å². The summed E-state index contributed by atoms with van der Waals surface area (Å²) in [6.45, 7) is 1.61. The van der Waals surface area contributed by atoms with Crippen LogP contribution >= 0.6 is 11.3 Å². The maximum absolute atomic E-state index is 12.0. The van der Waals surface area contributed by atoms with Crippen LogP contribution in [0.5, 0.6) is 0 Å². The number of nitrogens with zero attached hydrogens (tertiary/aromatic N) is 3. The highest BCUT2D eigenvalue weighted by atomic mass is 32.1. The van der Waals surface area contributed by atoms with Crippen LogP contribution in [-0.2, 0) is 25.9 Å². The van der Waals surface area contributed by atoms with Crippen molar-refractivity contribution in [1.29, 1.82) is 0 Å². The monoisotopic (exact) mass is 291 g/mol. The fraction of sp³-hybridized carbons (Fsp3) is 0.462. The minimum atomic E-state index is -0.122. The van der Waals surface area contributed by atoms with Crippen molar-refractivity contribution in [2.75, 3.05) is 6.54 Å². The number of aryl methyl sites for hydroxylation is 2. The predicted octanol–water partition coefficient (Wildman–Crippen LogP) is 0.717. The molecule has 20 heavy (non-hydrogen) atoms. The third kappa shape index (κ3) is 2.73. The molecule has 0 aromatic carbocycles. The van der Waals surface area contributed by atoms with E-state index in [0.717, 1.165) is 17.8 Å². The first-order valence-electron chi connectivity index (χ1n) is 6.74. The van der Waals surface area contributed by atoms with Crippen LogP contribution in [0.25, 0.3) is 0 Å². The summed E-state index contributed by atoms with van der Waals surface area (Å²) in [4.78, 5) is 17.9. The Morgan fingerprint density at radius 2 is 2.40 bits per heavy atom. The number of aromatic nitrogens is 3. The lowest BCUT2D eigenvalue weighted by Crippen LogP contribution is -2.22. The van der Waals surface area contributed by atoms with Crippen molar-refractivity contribution in [3.8, 4) is 0 Å². The fourth-order valence-electron chi connectivity index (χ4n) is 2.31. The molecular weight excluding hydrogens is 274 g/mol. The molecule has 0 bridgehead atoms. The van der Waals surface area contributed by atoms with Crippen LogP contribution in [0, 0.1) is 0 Å². The third-order valence-electron chi connectivity index (χ3n) is 3.29. The molecule has 2 heterocycles. The molecule has 0 saturated carbocycles. The molecule has 0 spiro atoms. The molecule has 2 aromatic heterocycles. The lowest BCUT2D eigenvalue weighted by molar-refractivity contribution is 0.0950. The van der Waals surface area contributed by atoms with Crippen molar-refractivity contribution >= 4 is 17.2 Å². The van der Waals surface area contributed by atoms with Gasteiger partial charge in [0.2, 0.25) is 0 Å². The molecule has 0 fully saturated rings. The Bertz CT molecular complexity index is 597. The quantitative estimate of drug-likeness (QED) is 0.850. The van der Waals surface area contributed by atoms with E-state index in [0.29, 0.717) is 25.2 Å². The van der Waals surface area contributed by atoms with Crippen molar-refractivity contribution in [2.24, 2.45) is 5.73 Å². The van der Waals surface area contributed by atoms with E-state index in [4.69, 9.17) is 5.73 Å². The molecule has 1 amide bonds. The van der Waals surface area contributed by atoms with Crippen molar-refractivity contribution in [1.82, 2.24) is 20.1 Å². The number of nitrogens with one attached hydrogen (secondary N) is 1. The molecule has 0 radical (unpaired) electrons. The van der Waals surface area contributed by atoms with E-state index in [1.54, 1.807) is 28.4 Å². The average Bonchev–Trinajstić information content (AvgIpc) is 3.11. The summed E-state index contributed by atoms with van der Waals surface area (Å²) in [7, 11) is 0. The molecule has 1 aliphatic rings. The van der Waals surface area contributed by atoms with Gasteiger partial charge in [0.15, 0.2) is 0 Å². The number of carbonyl (C=O) groups is 1. The minimum Gasteiger partial charge on any atom is -0.345 e. The lowest BCUT2D eigenvalue weighted by atomic mass is 10.3. The maximum Gasteiger partial charge on any atom is 0.254 e. The Labute approximate surface area is 121 Å². The Morgan fingerprint density at radius 1 is 1.50 bits per heavy atom. The highest BCUT2D eigenvalue weighted by Crippen LogP contribution is 2.27. The molecule has 2 aromatic rings. The molecule has 106 valence electrons. The molecule has 0 saturated heterocycles. The second kappa shape index (κ2) is 5.72. The zero-order chi connectivity index (χ0) is 13.9. The molecular formula is C13H17N5OS. The molecule has 0 unspecified atom stereocenters. The van der Waals surface area contributed by atoms with Gasteiger partial charge in [-0.25, -0.2) is 4.98 Å². The number of hydrogen-bond donors (Lipinski definition) is 2. The van der Waals surface area contributed by atoms with E-state index in [1.165, 1.54) is 17.0 Å². The van der Waals surface area contributed by atoms with Gasteiger partial charge in [0.05, 0.1) is 30.5 Å². The van der Waals surface area contributed by atoms with E-state index in [-0.39, 0.29) is 5.91 Å². The summed E-state index contributed by atoms with van der Waals surface area (Å²) < 4.78 is 1.67. The third-order valence-corrected chi connectivity index (χ3v) is 4.45. The molecule has 0 aliphatic heterocycles. The first kappa shape index (κ1) is 13.3. The second-order valence-electron chi connectivity index (χ2n) is 4.79. The van der Waals surface area contributed by atoms with E-state index < -0.39 is 0 Å². The van der Waals surface area contributed by atoms with Crippen LogP contribution in [0.2, 0.25) is 0 Å². The molecule has 7 heteroatoms. The Morgan fingerprint density at radius 3 is 3.20 bits per heavy atom. The first-order valence-corrected chi connectivity index (χ1v) is 7.56. The van der Waals surface area contributed by atoms with Crippen LogP contribution in [0.1, 0.15) is 32.4 Å². The summed E-state index contributed by atoms with van der Waals surface area (Å²) in [5, 5.41) is 7.95. The molecule has 1 aliphatic carbocycles. The van der Waals surface area contributed by atoms with Crippen LogP contribution in [-0.4, -0.2) is 27.2 Å². The zero-order valence-corrected chi connectivity index (χ0v) is 11.9. The van der Waals surface area contributed by atoms with Gasteiger partial charge < -0.3 is 11.1 Å². The number of amides is 1. The van der Waals surface area contributed by atoms with Crippen LogP contribution in [0.15, 0.2) is 12.4 Å². The molecule has 6 nitrogen and oxygen atoms in total. The van der Waals surface area contributed by atoms with Crippen LogP contribution in [0.4, 0.5) is 0 Å². The number of carbonyl (C=O) groups excluding carboxylic acids is 1. The number of nitrogens with two attached hydrogens (primary N) is 1. The summed E-state index contributed by atoms with van der Waals surface area (Å²) >= 11 is 1.71. The second-order valence-corrected chi connectivity index (χ2v) is 5.96. The number of hydrogen-bond acceptors (Lipinski definition) is 5. The summed E-state index contributed by atoms with van der Waals surface area (Å²) in [5.41, 5.74) is 7.22. The average molecular weight is 291 g/mol. The molecule has 3 N–H and O–H groups in total. The number of rotatable bonds is 5. The fourth-order valence-corrected chi connectivity index (χ4v) is 3.41. The van der Waals surface area contributed by atoms with Gasteiger partial charge in [-0.2, -0.15) is 5.10 Å². The summed E-state index contributed by atoms with van der Waals surface area (Å²) in [5.74, 6) is -0.122. The van der Waals surface area contributed by atoms with Gasteiger partial charge in [-0.3, -0.25) is 9.48 Å². The van der Waals surface area contributed by atoms with Crippen molar-refractivity contribution in [2.45, 2.75) is 32.4 Å². The topological polar surface area (TPSA) is 85.8 Å². The molecule has 0 atom stereocenters. The van der Waals surface area contributed by atoms with Gasteiger partial charge in [-0.15, -0.1) is 11.3 Å². The smallest absolute Gasteiger partial charge is 0.254 e. The van der Waals surface area contributed by atoms with Gasteiger partial charge in [-0.1, -0.05) is 0 Å². The van der Waals surface area contributed by atoms with Gasteiger partial charge in [0, 0.05) is 17.6 Å². The zero-order valence-electron chi connectivity index (χ0n) is 11.1. The predicted molar refractivity (Wildman–Crippen MR) is 76.6 cm³/mol. The van der Waals surface area contributed by atoms with Crippen molar-refractivity contribution in [3.63, 3.8) is 0 Å². The minimum absolute atomic E-state index is 0.122. The van der Waals surface area contributed by atoms with Crippen molar-refractivity contribution < 1.29 is 4.79 Å². The Kier molecular flexibility index (Phi) is 3.79. The summed E-state index contributed by atoms with van der Waals surface area (Å²) in [6, 6.07) is 0. The number of fused-ring (bicyclic) bond motifs is 1. The largest absolute Gasteiger partial charge is 0.345 e. The highest BCUT2D eigenvalue weighted by Gasteiger charge is 2.17. The first-order chi connectivity index (χ1) is 9.76. The number of thiazole rings is 1. The van der Waals surface area contributed by atoms with E-state index in [1.807, 2.05) is 0 Å². The van der Waals surface area contributed by atoms with Crippen LogP contribution < -0.4 is 11.1 Å². The van der Waals surface area contributed by atoms with Gasteiger partial charge in [0.1, 0.15) is 5.01 Å². The standard InChI is InChI=1S/C13H17N5OS/c14-4-5-18-8-9(6-16-18)13(19)15-7-12-17-10-2-1-3-11(10)20-12/h6,8H,1-5,7,14H2,(H,15,19). The normalized spacial score (nSPS) is 13.4. The van der Waals surface area contributed by atoms with Crippen molar-refractivity contribution in [3.05, 3.63) is 33.5 Å². The highest BCUT2D eigenvalue weighted by molar-refractivity contribution is 7.11. The maximum atomic E-state index is 12.0. The van der Waals surface area contributed by atoms with E-state index in [9.17, 15) is 4.79 Å². The Hall–Kier alpha value is -1.73. The van der Waals surface area contributed by atoms with Gasteiger partial charge in [-0.05, 0) is 19.3 Å². The SMILES string of the molecule is NCCn1cc(C(=O)NCc2nc3c(s2)CCC3)cn1. The van der Waals surface area contributed by atoms with Crippen LogP contribution in [0.3, 0.4) is 0 Å². The van der Waals surface area contributed by atoms with E-state index in [2.05, 4.69) is 15.4 Å². The van der Waals surface area contributed by atoms with E-state index >= 15 is 0 Å². The summed E-state index contributed by atoms with van der Waals surface area (Å²) in [6.07, 6.45) is 6.69. The lowest BCUT2D eigenvalue weighted by Gasteiger charge is -2.00. The van der Waals surface area contributed by atoms with Gasteiger partial charge in [0.25, 0.3) is 5.91 Å². The Balaban J connectivity index is 1.57. The molecule has 3 rings (SSSR count).